The standard InChI is InChI=1S/C17H17FO2/c1-12(2)20-16-8-4-6-14(11-16)17(19)10-13-5-3-7-15(18)9-13/h3-9,11-12H,10H2,1-2H3. The van der Waals surface area contributed by atoms with E-state index in [-0.39, 0.29) is 24.1 Å². The molecule has 0 saturated heterocycles. The van der Waals surface area contributed by atoms with Gasteiger partial charge in [0.2, 0.25) is 0 Å². The fraction of sp³-hybridized carbons (Fsp3) is 0.235. The van der Waals surface area contributed by atoms with Crippen molar-refractivity contribution in [3.8, 4) is 5.75 Å². The Labute approximate surface area is 118 Å². The molecule has 0 aliphatic rings. The molecule has 3 heteroatoms. The fourth-order valence-corrected chi connectivity index (χ4v) is 1.95. The summed E-state index contributed by atoms with van der Waals surface area (Å²) in [5.41, 5.74) is 1.25. The van der Waals surface area contributed by atoms with Crippen LogP contribution in [0, 0.1) is 5.82 Å². The van der Waals surface area contributed by atoms with Gasteiger partial charge in [0.1, 0.15) is 11.6 Å². The highest BCUT2D eigenvalue weighted by Gasteiger charge is 2.09. The first-order chi connectivity index (χ1) is 9.54. The lowest BCUT2D eigenvalue weighted by Gasteiger charge is -2.10. The molecule has 0 saturated carbocycles. The molecule has 0 aliphatic carbocycles. The van der Waals surface area contributed by atoms with Gasteiger partial charge in [0, 0.05) is 12.0 Å². The summed E-state index contributed by atoms with van der Waals surface area (Å²) in [6.45, 7) is 3.86. The molecule has 0 aliphatic heterocycles. The summed E-state index contributed by atoms with van der Waals surface area (Å²) in [7, 11) is 0. The van der Waals surface area contributed by atoms with Gasteiger partial charge in [0.15, 0.2) is 5.78 Å². The zero-order valence-corrected chi connectivity index (χ0v) is 11.6. The largest absolute Gasteiger partial charge is 0.491 e. The van der Waals surface area contributed by atoms with Crippen molar-refractivity contribution < 1.29 is 13.9 Å². The number of hydrogen-bond donors (Lipinski definition) is 0. The topological polar surface area (TPSA) is 26.3 Å². The van der Waals surface area contributed by atoms with Crippen LogP contribution in [0.15, 0.2) is 48.5 Å². The normalized spacial score (nSPS) is 10.6. The minimum Gasteiger partial charge on any atom is -0.491 e. The Balaban J connectivity index is 2.13. The average molecular weight is 272 g/mol. The molecule has 0 N–H and O–H groups in total. The van der Waals surface area contributed by atoms with E-state index in [0.29, 0.717) is 16.9 Å². The van der Waals surface area contributed by atoms with Gasteiger partial charge >= 0.3 is 0 Å². The van der Waals surface area contributed by atoms with Gasteiger partial charge in [-0.15, -0.1) is 0 Å². The number of halogens is 1. The van der Waals surface area contributed by atoms with Crippen molar-refractivity contribution >= 4 is 5.78 Å². The molecule has 0 atom stereocenters. The van der Waals surface area contributed by atoms with E-state index in [4.69, 9.17) is 4.74 Å². The maximum Gasteiger partial charge on any atom is 0.167 e. The maximum absolute atomic E-state index is 13.1. The molecule has 0 spiro atoms. The molecule has 0 bridgehead atoms. The lowest BCUT2D eigenvalue weighted by atomic mass is 10.0. The van der Waals surface area contributed by atoms with E-state index in [2.05, 4.69) is 0 Å². The molecule has 20 heavy (non-hydrogen) atoms. The predicted molar refractivity (Wildman–Crippen MR) is 76.6 cm³/mol. The zero-order chi connectivity index (χ0) is 14.5. The number of ether oxygens (including phenoxy) is 1. The summed E-state index contributed by atoms with van der Waals surface area (Å²) in [6.07, 6.45) is 0.242. The Bertz CT molecular complexity index is 605. The van der Waals surface area contributed by atoms with Crippen LogP contribution in [0.1, 0.15) is 29.8 Å². The Morgan fingerprint density at radius 3 is 2.60 bits per heavy atom. The first-order valence-electron chi connectivity index (χ1n) is 6.59. The molecule has 0 radical (unpaired) electrons. The van der Waals surface area contributed by atoms with Gasteiger partial charge in [-0.1, -0.05) is 24.3 Å². The van der Waals surface area contributed by atoms with E-state index in [1.165, 1.54) is 12.1 Å². The highest BCUT2D eigenvalue weighted by Crippen LogP contribution is 2.17. The van der Waals surface area contributed by atoms with Crippen LogP contribution in [0.25, 0.3) is 0 Å². The number of benzene rings is 2. The molecule has 0 unspecified atom stereocenters. The fourth-order valence-electron chi connectivity index (χ4n) is 1.95. The van der Waals surface area contributed by atoms with Crippen LogP contribution in [0.4, 0.5) is 4.39 Å². The van der Waals surface area contributed by atoms with Gasteiger partial charge in [0.05, 0.1) is 6.10 Å². The molecule has 0 aromatic heterocycles. The van der Waals surface area contributed by atoms with Crippen LogP contribution in [0.2, 0.25) is 0 Å². The lowest BCUT2D eigenvalue weighted by molar-refractivity contribution is 0.0992. The van der Waals surface area contributed by atoms with Crippen molar-refractivity contribution in [2.45, 2.75) is 26.4 Å². The maximum atomic E-state index is 13.1. The van der Waals surface area contributed by atoms with Gasteiger partial charge in [-0.25, -0.2) is 4.39 Å². The zero-order valence-electron chi connectivity index (χ0n) is 11.6. The molecule has 0 fully saturated rings. The summed E-state index contributed by atoms with van der Waals surface area (Å²) in [5.74, 6) is 0.294. The van der Waals surface area contributed by atoms with Crippen molar-refractivity contribution in [3.63, 3.8) is 0 Å². The van der Waals surface area contributed by atoms with E-state index >= 15 is 0 Å². The quantitative estimate of drug-likeness (QED) is 0.768. The Morgan fingerprint density at radius 1 is 1.15 bits per heavy atom. The second kappa shape index (κ2) is 6.33. The van der Waals surface area contributed by atoms with Crippen LogP contribution in [0.3, 0.4) is 0 Å². The Hall–Kier alpha value is -2.16. The Morgan fingerprint density at radius 2 is 1.90 bits per heavy atom. The van der Waals surface area contributed by atoms with Crippen molar-refractivity contribution in [1.82, 2.24) is 0 Å². The summed E-state index contributed by atoms with van der Waals surface area (Å²) >= 11 is 0. The van der Waals surface area contributed by atoms with Gasteiger partial charge < -0.3 is 4.74 Å². The van der Waals surface area contributed by atoms with Crippen molar-refractivity contribution in [2.24, 2.45) is 0 Å². The molecular weight excluding hydrogens is 255 g/mol. The molecule has 2 aromatic rings. The summed E-state index contributed by atoms with van der Waals surface area (Å²) in [5, 5.41) is 0. The highest BCUT2D eigenvalue weighted by molar-refractivity contribution is 5.97. The van der Waals surface area contributed by atoms with E-state index < -0.39 is 0 Å². The first-order valence-corrected chi connectivity index (χ1v) is 6.59. The SMILES string of the molecule is CC(C)Oc1cccc(C(=O)Cc2cccc(F)c2)c1. The molecule has 0 amide bonds. The lowest BCUT2D eigenvalue weighted by Crippen LogP contribution is -2.07. The van der Waals surface area contributed by atoms with E-state index in [9.17, 15) is 9.18 Å². The first kappa shape index (κ1) is 14.3. The van der Waals surface area contributed by atoms with Gasteiger partial charge in [-0.2, -0.15) is 0 Å². The Kier molecular flexibility index (Phi) is 4.51. The average Bonchev–Trinajstić information content (AvgIpc) is 2.38. The number of rotatable bonds is 5. The smallest absolute Gasteiger partial charge is 0.167 e. The van der Waals surface area contributed by atoms with Crippen molar-refractivity contribution in [2.75, 3.05) is 0 Å². The van der Waals surface area contributed by atoms with Crippen LogP contribution in [-0.4, -0.2) is 11.9 Å². The highest BCUT2D eigenvalue weighted by atomic mass is 19.1. The number of hydrogen-bond acceptors (Lipinski definition) is 2. The van der Waals surface area contributed by atoms with Gasteiger partial charge in [0.25, 0.3) is 0 Å². The second-order valence-electron chi connectivity index (χ2n) is 4.92. The van der Waals surface area contributed by atoms with Crippen LogP contribution in [-0.2, 0) is 6.42 Å². The second-order valence-corrected chi connectivity index (χ2v) is 4.92. The number of Topliss-reactive ketones (excluding diaryl/α,β-unsaturated/α-hetero) is 1. The predicted octanol–water partition coefficient (Wildman–Crippen LogP) is 4.04. The number of carbonyl (C=O) groups is 1. The monoisotopic (exact) mass is 272 g/mol. The molecule has 2 nitrogen and oxygen atoms in total. The van der Waals surface area contributed by atoms with E-state index in [1.54, 1.807) is 30.3 Å². The molecule has 0 heterocycles. The summed E-state index contributed by atoms with van der Waals surface area (Å²) in [6, 6.07) is 13.2. The van der Waals surface area contributed by atoms with Crippen molar-refractivity contribution in [1.29, 1.82) is 0 Å². The molecule has 2 rings (SSSR count). The number of ketones is 1. The van der Waals surface area contributed by atoms with E-state index in [0.717, 1.165) is 0 Å². The van der Waals surface area contributed by atoms with Crippen LogP contribution >= 0.6 is 0 Å². The third-order valence-electron chi connectivity index (χ3n) is 2.78. The van der Waals surface area contributed by atoms with Gasteiger partial charge in [-0.3, -0.25) is 4.79 Å². The molecular formula is C17H17FO2. The minimum atomic E-state index is -0.327. The third-order valence-corrected chi connectivity index (χ3v) is 2.78. The summed E-state index contributed by atoms with van der Waals surface area (Å²) < 4.78 is 18.7. The van der Waals surface area contributed by atoms with E-state index in [1.807, 2.05) is 19.9 Å². The van der Waals surface area contributed by atoms with Crippen LogP contribution < -0.4 is 4.74 Å². The van der Waals surface area contributed by atoms with Crippen molar-refractivity contribution in [3.05, 3.63) is 65.5 Å². The molecule has 2 aromatic carbocycles. The van der Waals surface area contributed by atoms with Gasteiger partial charge in [-0.05, 0) is 43.7 Å². The van der Waals surface area contributed by atoms with Crippen LogP contribution in [0.5, 0.6) is 5.75 Å². The minimum absolute atomic E-state index is 0.0511. The molecule has 104 valence electrons. The number of carbonyl (C=O) groups excluding carboxylic acids is 1. The third kappa shape index (κ3) is 3.92. The summed E-state index contributed by atoms with van der Waals surface area (Å²) in [4.78, 5) is 12.2.